The fourth-order valence-corrected chi connectivity index (χ4v) is 1.39. The van der Waals surface area contributed by atoms with E-state index in [1.807, 2.05) is 0 Å². The average Bonchev–Trinajstić information content (AvgIpc) is 2.68. The number of hydrogen-bond acceptors (Lipinski definition) is 12. The highest BCUT2D eigenvalue weighted by molar-refractivity contribution is 5.86. The topological polar surface area (TPSA) is 164 Å². The smallest absolute Gasteiger partial charge is 0.347 e. The first kappa shape index (κ1) is 29.9. The minimum atomic E-state index is -1.25. The van der Waals surface area contributed by atoms with E-state index in [2.05, 4.69) is 23.7 Å². The first-order valence-corrected chi connectivity index (χ1v) is 9.06. The predicted molar refractivity (Wildman–Crippen MR) is 100 cm³/mol. The first-order valence-electron chi connectivity index (χ1n) is 9.06. The Hall–Kier alpha value is -2.28. The van der Waals surface area contributed by atoms with E-state index in [-0.39, 0.29) is 19.8 Å². The van der Waals surface area contributed by atoms with E-state index in [1.54, 1.807) is 7.11 Å². The maximum absolute atomic E-state index is 11.1. The van der Waals surface area contributed by atoms with Crippen molar-refractivity contribution in [3.8, 4) is 0 Å². The van der Waals surface area contributed by atoms with Gasteiger partial charge in [0.15, 0.2) is 18.3 Å². The predicted octanol–water partition coefficient (Wildman–Crippen LogP) is -1.02. The van der Waals surface area contributed by atoms with Crippen LogP contribution >= 0.6 is 0 Å². The Bertz CT molecular complexity index is 497. The summed E-state index contributed by atoms with van der Waals surface area (Å²) in [5.74, 6) is -2.48. The van der Waals surface area contributed by atoms with Gasteiger partial charge in [0.05, 0.1) is 19.8 Å². The van der Waals surface area contributed by atoms with Crippen LogP contribution in [0.3, 0.4) is 0 Å². The van der Waals surface area contributed by atoms with E-state index in [4.69, 9.17) is 14.9 Å². The summed E-state index contributed by atoms with van der Waals surface area (Å²) in [6, 6.07) is 0. The molecule has 0 saturated carbocycles. The van der Waals surface area contributed by atoms with Crippen molar-refractivity contribution >= 4 is 23.9 Å². The maximum atomic E-state index is 11.1. The molecule has 4 atom stereocenters. The molecule has 0 spiro atoms. The van der Waals surface area contributed by atoms with E-state index in [9.17, 15) is 19.2 Å². The molecule has 30 heavy (non-hydrogen) atoms. The van der Waals surface area contributed by atoms with Gasteiger partial charge < -0.3 is 38.6 Å². The molecule has 1 heterocycles. The third-order valence-corrected chi connectivity index (χ3v) is 3.04. The highest BCUT2D eigenvalue weighted by Gasteiger charge is 2.32. The molecule has 1 aliphatic heterocycles. The van der Waals surface area contributed by atoms with Crippen molar-refractivity contribution in [2.45, 2.75) is 52.1 Å². The molecule has 1 fully saturated rings. The molecule has 0 aromatic rings. The molecule has 12 nitrogen and oxygen atoms in total. The van der Waals surface area contributed by atoms with Crippen molar-refractivity contribution < 1.29 is 57.8 Å². The van der Waals surface area contributed by atoms with E-state index in [1.165, 1.54) is 34.8 Å². The second-order valence-electron chi connectivity index (χ2n) is 5.79. The quantitative estimate of drug-likeness (QED) is 0.268. The minimum Gasteiger partial charge on any atom is -0.461 e. The molecule has 0 aromatic carbocycles. The fraction of sp³-hybridized carbons (Fsp3) is 0.778. The summed E-state index contributed by atoms with van der Waals surface area (Å²) in [6.45, 7) is 6.53. The molecular weight excluding hydrogens is 408 g/mol. The normalized spacial score (nSPS) is 19.5. The number of rotatable bonds is 8. The van der Waals surface area contributed by atoms with Gasteiger partial charge in [-0.3, -0.25) is 0 Å². The van der Waals surface area contributed by atoms with Crippen LogP contribution in [0, 0.1) is 0 Å². The second-order valence-corrected chi connectivity index (χ2v) is 5.79. The first-order chi connectivity index (χ1) is 14.0. The number of carbonyl (C=O) groups is 4. The molecule has 1 saturated heterocycles. The van der Waals surface area contributed by atoms with Gasteiger partial charge in [-0.2, -0.15) is 0 Å². The Morgan fingerprint density at radius 1 is 0.933 bits per heavy atom. The van der Waals surface area contributed by atoms with Gasteiger partial charge in [0.1, 0.15) is 12.7 Å². The second kappa shape index (κ2) is 17.6. The standard InChI is InChI=1S/C9H16O6.C6H8O4.C3H8O2/c1-6(10)8(11)15-7(2)9(12)14-5-4-13-3;1-3-5(7)10-4(2)6(8)9-3;1-5-3-2-4/h6-7,10H,4-5H2,1-3H3;3-4H,1-2H3;4H,2-3H2,1H3. The molecule has 0 aliphatic carbocycles. The van der Waals surface area contributed by atoms with Crippen LogP contribution in [-0.4, -0.2) is 99.2 Å². The summed E-state index contributed by atoms with van der Waals surface area (Å²) >= 11 is 0. The molecule has 0 radical (unpaired) electrons. The molecule has 0 amide bonds. The third-order valence-electron chi connectivity index (χ3n) is 3.04. The molecule has 1 aliphatic rings. The summed E-state index contributed by atoms with van der Waals surface area (Å²) in [5, 5.41) is 16.8. The van der Waals surface area contributed by atoms with Crippen LogP contribution in [0.25, 0.3) is 0 Å². The monoisotopic (exact) mass is 440 g/mol. The number of ether oxygens (including phenoxy) is 6. The number of carbonyl (C=O) groups excluding carboxylic acids is 4. The van der Waals surface area contributed by atoms with E-state index < -0.39 is 48.3 Å². The van der Waals surface area contributed by atoms with Gasteiger partial charge in [0, 0.05) is 14.2 Å². The van der Waals surface area contributed by atoms with Crippen molar-refractivity contribution in [1.29, 1.82) is 0 Å². The van der Waals surface area contributed by atoms with Crippen LogP contribution in [0.5, 0.6) is 0 Å². The van der Waals surface area contributed by atoms with Crippen LogP contribution < -0.4 is 0 Å². The number of esters is 4. The van der Waals surface area contributed by atoms with E-state index >= 15 is 0 Å². The Morgan fingerprint density at radius 2 is 1.40 bits per heavy atom. The molecule has 0 bridgehead atoms. The van der Waals surface area contributed by atoms with Crippen LogP contribution in [0.4, 0.5) is 0 Å². The highest BCUT2D eigenvalue weighted by Crippen LogP contribution is 2.08. The molecule has 176 valence electrons. The van der Waals surface area contributed by atoms with Gasteiger partial charge in [-0.15, -0.1) is 0 Å². The summed E-state index contributed by atoms with van der Waals surface area (Å²) in [7, 11) is 3.03. The van der Waals surface area contributed by atoms with Gasteiger partial charge in [0.2, 0.25) is 0 Å². The zero-order valence-electron chi connectivity index (χ0n) is 18.1. The molecule has 4 unspecified atom stereocenters. The minimum absolute atomic E-state index is 0.103. The van der Waals surface area contributed by atoms with Crippen molar-refractivity contribution in [2.24, 2.45) is 0 Å². The lowest BCUT2D eigenvalue weighted by Gasteiger charge is -2.22. The van der Waals surface area contributed by atoms with Crippen LogP contribution in [0.2, 0.25) is 0 Å². The van der Waals surface area contributed by atoms with Gasteiger partial charge in [0.25, 0.3) is 0 Å². The molecule has 0 aromatic heterocycles. The van der Waals surface area contributed by atoms with Crippen LogP contribution in [0.1, 0.15) is 27.7 Å². The molecule has 2 N–H and O–H groups in total. The third kappa shape index (κ3) is 14.7. The molecule has 1 rings (SSSR count). The van der Waals surface area contributed by atoms with Gasteiger partial charge in [-0.1, -0.05) is 0 Å². The van der Waals surface area contributed by atoms with Gasteiger partial charge in [-0.25, -0.2) is 19.2 Å². The highest BCUT2D eigenvalue weighted by atomic mass is 16.6. The maximum Gasteiger partial charge on any atom is 0.347 e. The summed E-state index contributed by atoms with van der Waals surface area (Å²) < 4.78 is 27.6. The van der Waals surface area contributed by atoms with Crippen molar-refractivity contribution in [1.82, 2.24) is 0 Å². The lowest BCUT2D eigenvalue weighted by molar-refractivity contribution is -0.191. The number of hydrogen-bond donors (Lipinski definition) is 2. The largest absolute Gasteiger partial charge is 0.461 e. The fourth-order valence-electron chi connectivity index (χ4n) is 1.39. The average molecular weight is 440 g/mol. The van der Waals surface area contributed by atoms with E-state index in [0.29, 0.717) is 6.61 Å². The lowest BCUT2D eigenvalue weighted by atomic mass is 10.3. The Morgan fingerprint density at radius 3 is 1.73 bits per heavy atom. The van der Waals surface area contributed by atoms with Crippen molar-refractivity contribution in [2.75, 3.05) is 40.6 Å². The van der Waals surface area contributed by atoms with Crippen molar-refractivity contribution in [3.63, 3.8) is 0 Å². The van der Waals surface area contributed by atoms with Crippen LogP contribution in [-0.2, 0) is 47.6 Å². The zero-order chi connectivity index (χ0) is 23.7. The number of aliphatic hydroxyl groups is 2. The van der Waals surface area contributed by atoms with Crippen LogP contribution in [0.15, 0.2) is 0 Å². The van der Waals surface area contributed by atoms with Crippen molar-refractivity contribution in [3.05, 3.63) is 0 Å². The summed E-state index contributed by atoms with van der Waals surface area (Å²) in [4.78, 5) is 43.3. The van der Waals surface area contributed by atoms with Gasteiger partial charge in [-0.05, 0) is 27.7 Å². The lowest BCUT2D eigenvalue weighted by Crippen LogP contribution is -2.40. The number of aliphatic hydroxyl groups excluding tert-OH is 2. The summed E-state index contributed by atoms with van der Waals surface area (Å²) in [5.41, 5.74) is 0. The Kier molecular flexibility index (Phi) is 17.5. The molecule has 12 heteroatoms. The number of methoxy groups -OCH3 is 2. The molecular formula is C18H32O12. The summed E-state index contributed by atoms with van der Waals surface area (Å²) in [6.07, 6.45) is -3.77. The SMILES string of the molecule is CC1OC(=O)C(C)OC1=O.COCCO.COCCOC(=O)C(C)OC(=O)C(C)O. The van der Waals surface area contributed by atoms with Gasteiger partial charge >= 0.3 is 23.9 Å². The Labute approximate surface area is 175 Å². The zero-order valence-corrected chi connectivity index (χ0v) is 18.1. The number of cyclic esters (lactones) is 2. The Balaban J connectivity index is 0. The van der Waals surface area contributed by atoms with E-state index in [0.717, 1.165) is 0 Å².